The van der Waals surface area contributed by atoms with Gasteiger partial charge in [0, 0.05) is 18.6 Å². The van der Waals surface area contributed by atoms with Crippen LogP contribution in [0.1, 0.15) is 33.1 Å². The molecular weight excluding hydrogens is 160 g/mol. The van der Waals surface area contributed by atoms with Crippen LogP contribution in [0.3, 0.4) is 0 Å². The molecule has 0 bridgehead atoms. The van der Waals surface area contributed by atoms with E-state index in [0.29, 0.717) is 0 Å². The van der Waals surface area contributed by atoms with E-state index < -0.39 is 0 Å². The average Bonchev–Trinajstić information content (AvgIpc) is 2.63. The van der Waals surface area contributed by atoms with Gasteiger partial charge in [0.05, 0.1) is 0 Å². The van der Waals surface area contributed by atoms with Gasteiger partial charge in [-0.1, -0.05) is 6.92 Å². The summed E-state index contributed by atoms with van der Waals surface area (Å²) in [4.78, 5) is 2.65. The van der Waals surface area contributed by atoms with Crippen molar-refractivity contribution in [3.05, 3.63) is 0 Å². The summed E-state index contributed by atoms with van der Waals surface area (Å²) in [6.07, 6.45) is 4.12. The van der Waals surface area contributed by atoms with Crippen LogP contribution in [0.4, 0.5) is 0 Å². The smallest absolute Gasteiger partial charge is 0.0224 e. The maximum absolute atomic E-state index is 3.63. The van der Waals surface area contributed by atoms with Crippen molar-refractivity contribution >= 4 is 0 Å². The molecule has 76 valence electrons. The molecule has 0 amide bonds. The first-order valence-corrected chi connectivity index (χ1v) is 5.78. The number of hydrogen-bond donors (Lipinski definition) is 1. The Kier molecular flexibility index (Phi) is 2.89. The number of rotatable bonds is 2. The topological polar surface area (TPSA) is 15.3 Å². The molecule has 2 heterocycles. The van der Waals surface area contributed by atoms with Crippen LogP contribution in [-0.2, 0) is 0 Å². The zero-order valence-corrected chi connectivity index (χ0v) is 8.92. The summed E-state index contributed by atoms with van der Waals surface area (Å²) < 4.78 is 0. The minimum atomic E-state index is 0.781. The molecule has 1 unspecified atom stereocenters. The van der Waals surface area contributed by atoms with Crippen molar-refractivity contribution in [2.75, 3.05) is 19.6 Å². The second-order valence-corrected chi connectivity index (χ2v) is 4.65. The van der Waals surface area contributed by atoms with Crippen molar-refractivity contribution in [3.8, 4) is 0 Å². The van der Waals surface area contributed by atoms with Crippen LogP contribution in [0, 0.1) is 5.92 Å². The zero-order valence-electron chi connectivity index (χ0n) is 8.92. The Balaban J connectivity index is 1.89. The maximum Gasteiger partial charge on any atom is 0.0224 e. The first-order chi connectivity index (χ1) is 6.31. The standard InChI is InChI=1S/C11H22N2/c1-3-9(2)13-7-5-10-4-6-12-11(10)8-13/h9-12H,3-8H2,1-2H3/t9?,10-,11+/m1/s1. The van der Waals surface area contributed by atoms with Crippen molar-refractivity contribution in [2.24, 2.45) is 5.92 Å². The molecule has 2 aliphatic rings. The van der Waals surface area contributed by atoms with E-state index in [1.165, 1.54) is 38.9 Å². The fraction of sp³-hybridized carbons (Fsp3) is 1.00. The molecule has 0 aromatic rings. The Morgan fingerprint density at radius 3 is 3.08 bits per heavy atom. The molecular formula is C11H22N2. The lowest BCUT2D eigenvalue weighted by Crippen LogP contribution is -2.49. The van der Waals surface area contributed by atoms with Gasteiger partial charge in [-0.05, 0) is 45.2 Å². The van der Waals surface area contributed by atoms with Crippen LogP contribution < -0.4 is 5.32 Å². The predicted molar refractivity (Wildman–Crippen MR) is 55.8 cm³/mol. The van der Waals surface area contributed by atoms with Gasteiger partial charge in [0.25, 0.3) is 0 Å². The van der Waals surface area contributed by atoms with Gasteiger partial charge in [0.15, 0.2) is 0 Å². The second-order valence-electron chi connectivity index (χ2n) is 4.65. The quantitative estimate of drug-likeness (QED) is 0.695. The Labute approximate surface area is 81.7 Å². The molecule has 13 heavy (non-hydrogen) atoms. The van der Waals surface area contributed by atoms with E-state index in [9.17, 15) is 0 Å². The molecule has 0 aromatic heterocycles. The van der Waals surface area contributed by atoms with Gasteiger partial charge < -0.3 is 5.32 Å². The van der Waals surface area contributed by atoms with Gasteiger partial charge in [-0.3, -0.25) is 4.90 Å². The van der Waals surface area contributed by atoms with Crippen LogP contribution in [0.5, 0.6) is 0 Å². The Morgan fingerprint density at radius 2 is 2.31 bits per heavy atom. The predicted octanol–water partition coefficient (Wildman–Crippen LogP) is 1.47. The van der Waals surface area contributed by atoms with Crippen molar-refractivity contribution in [2.45, 2.75) is 45.2 Å². The van der Waals surface area contributed by atoms with E-state index in [2.05, 4.69) is 24.1 Å². The van der Waals surface area contributed by atoms with E-state index >= 15 is 0 Å². The monoisotopic (exact) mass is 182 g/mol. The zero-order chi connectivity index (χ0) is 9.26. The molecule has 0 radical (unpaired) electrons. The van der Waals surface area contributed by atoms with Crippen LogP contribution in [-0.4, -0.2) is 36.6 Å². The van der Waals surface area contributed by atoms with Gasteiger partial charge in [-0.2, -0.15) is 0 Å². The third-order valence-electron chi connectivity index (χ3n) is 3.92. The largest absolute Gasteiger partial charge is 0.312 e. The number of fused-ring (bicyclic) bond motifs is 1. The van der Waals surface area contributed by atoms with Gasteiger partial charge in [0.2, 0.25) is 0 Å². The minimum Gasteiger partial charge on any atom is -0.312 e. The third-order valence-corrected chi connectivity index (χ3v) is 3.92. The highest BCUT2D eigenvalue weighted by Gasteiger charge is 2.33. The summed E-state index contributed by atoms with van der Waals surface area (Å²) >= 11 is 0. The number of hydrogen-bond acceptors (Lipinski definition) is 2. The summed E-state index contributed by atoms with van der Waals surface area (Å²) in [5.74, 6) is 0.986. The molecule has 2 fully saturated rings. The van der Waals surface area contributed by atoms with E-state index in [1.807, 2.05) is 0 Å². The molecule has 3 atom stereocenters. The molecule has 0 spiro atoms. The summed E-state index contributed by atoms with van der Waals surface area (Å²) in [7, 11) is 0. The third kappa shape index (κ3) is 1.89. The summed E-state index contributed by atoms with van der Waals surface area (Å²) in [5, 5.41) is 3.63. The molecule has 2 rings (SSSR count). The van der Waals surface area contributed by atoms with Gasteiger partial charge in [-0.25, -0.2) is 0 Å². The lowest BCUT2D eigenvalue weighted by atomic mass is 9.91. The van der Waals surface area contributed by atoms with E-state index in [1.54, 1.807) is 0 Å². The lowest BCUT2D eigenvalue weighted by Gasteiger charge is -2.38. The highest BCUT2D eigenvalue weighted by molar-refractivity contribution is 4.91. The Morgan fingerprint density at radius 1 is 1.46 bits per heavy atom. The first-order valence-electron chi connectivity index (χ1n) is 5.78. The van der Waals surface area contributed by atoms with Gasteiger partial charge in [-0.15, -0.1) is 0 Å². The molecule has 2 nitrogen and oxygen atoms in total. The minimum absolute atomic E-state index is 0.781. The van der Waals surface area contributed by atoms with Gasteiger partial charge >= 0.3 is 0 Å². The Hall–Kier alpha value is -0.0800. The fourth-order valence-electron chi connectivity index (χ4n) is 2.72. The fourth-order valence-corrected chi connectivity index (χ4v) is 2.72. The van der Waals surface area contributed by atoms with Crippen LogP contribution in [0.25, 0.3) is 0 Å². The first kappa shape index (κ1) is 9.47. The molecule has 2 saturated heterocycles. The van der Waals surface area contributed by atoms with Crippen molar-refractivity contribution in [1.29, 1.82) is 0 Å². The number of likely N-dealkylation sites (tertiary alicyclic amines) is 1. The number of piperidine rings is 1. The second kappa shape index (κ2) is 3.97. The van der Waals surface area contributed by atoms with Crippen molar-refractivity contribution in [1.82, 2.24) is 10.2 Å². The lowest BCUT2D eigenvalue weighted by molar-refractivity contribution is 0.124. The highest BCUT2D eigenvalue weighted by atomic mass is 15.2. The normalized spacial score (nSPS) is 37.4. The molecule has 0 saturated carbocycles. The number of nitrogens with one attached hydrogen (secondary N) is 1. The SMILES string of the molecule is CCC(C)N1CC[C@H]2CCN[C@H]2C1. The van der Waals surface area contributed by atoms with Crippen LogP contribution in [0.2, 0.25) is 0 Å². The van der Waals surface area contributed by atoms with E-state index in [-0.39, 0.29) is 0 Å². The van der Waals surface area contributed by atoms with Crippen LogP contribution >= 0.6 is 0 Å². The van der Waals surface area contributed by atoms with Crippen molar-refractivity contribution < 1.29 is 0 Å². The average molecular weight is 182 g/mol. The molecule has 1 N–H and O–H groups in total. The molecule has 0 aromatic carbocycles. The van der Waals surface area contributed by atoms with E-state index in [0.717, 1.165) is 18.0 Å². The Bertz CT molecular complexity index is 169. The summed E-state index contributed by atoms with van der Waals surface area (Å²) in [6.45, 7) is 8.52. The molecule has 2 aliphatic heterocycles. The van der Waals surface area contributed by atoms with Gasteiger partial charge in [0.1, 0.15) is 0 Å². The summed E-state index contributed by atoms with van der Waals surface area (Å²) in [5.41, 5.74) is 0. The van der Waals surface area contributed by atoms with E-state index in [4.69, 9.17) is 0 Å². The van der Waals surface area contributed by atoms with Crippen molar-refractivity contribution in [3.63, 3.8) is 0 Å². The number of nitrogens with zero attached hydrogens (tertiary/aromatic N) is 1. The summed E-state index contributed by atoms with van der Waals surface area (Å²) in [6, 6.07) is 1.59. The maximum atomic E-state index is 3.63. The molecule has 0 aliphatic carbocycles. The van der Waals surface area contributed by atoms with Crippen LogP contribution in [0.15, 0.2) is 0 Å². The molecule has 2 heteroatoms. The highest BCUT2D eigenvalue weighted by Crippen LogP contribution is 2.26.